The van der Waals surface area contributed by atoms with E-state index in [1.165, 1.54) is 13.8 Å². The molecule has 0 spiro atoms. The molecule has 3 N–H and O–H groups in total. The second-order valence-corrected chi connectivity index (χ2v) is 8.63. The summed E-state index contributed by atoms with van der Waals surface area (Å²) >= 11 is 0. The first kappa shape index (κ1) is 28.6. The second kappa shape index (κ2) is 12.1. The number of hydrogen-bond acceptors (Lipinski definition) is 7. The fourth-order valence-electron chi connectivity index (χ4n) is 3.61. The minimum atomic E-state index is -2.04. The highest BCUT2D eigenvalue weighted by molar-refractivity contribution is 6.24. The van der Waals surface area contributed by atoms with Crippen LogP contribution in [0.3, 0.4) is 0 Å². The lowest BCUT2D eigenvalue weighted by Gasteiger charge is -2.21. The number of esters is 1. The molecule has 2 aromatic rings. The Labute approximate surface area is 215 Å². The maximum absolute atomic E-state index is 15.2. The predicted molar refractivity (Wildman–Crippen MR) is 126 cm³/mol. The third-order valence-electron chi connectivity index (χ3n) is 5.80. The maximum atomic E-state index is 15.2. The molecule has 0 saturated heterocycles. The van der Waals surface area contributed by atoms with E-state index in [-0.39, 0.29) is 26.1 Å². The van der Waals surface area contributed by atoms with Crippen LogP contribution < -0.4 is 10.6 Å². The van der Waals surface area contributed by atoms with E-state index >= 15 is 17.6 Å². The highest BCUT2D eigenvalue weighted by atomic mass is 19.2. The van der Waals surface area contributed by atoms with Crippen LogP contribution >= 0.6 is 0 Å². The summed E-state index contributed by atoms with van der Waals surface area (Å²) in [4.78, 5) is 37.5. The molecule has 0 heterocycles. The third-order valence-corrected chi connectivity index (χ3v) is 5.80. The Kier molecular flexibility index (Phi) is 9.10. The zero-order valence-corrected chi connectivity index (χ0v) is 20.6. The molecule has 1 amide bonds. The third kappa shape index (κ3) is 6.13. The standard InChI is InChI=1S/C26H26F4N2O6/c1-3-37-24(35)16(11-31-14(2)12-33)23(34)17-19(27)21(29)18(22(30)20(17)28)26(9-10-26)32-25(36)38-13-15-7-5-4-6-8-15/h4-8,11,14,31,33H,3,9-10,12-13H2,1-2H3,(H,32,36). The normalized spacial score (nSPS) is 14.9. The number of Topliss-reactive ketones (excluding diaryl/α,β-unsaturated/α-hetero) is 1. The van der Waals surface area contributed by atoms with Crippen molar-refractivity contribution in [2.45, 2.75) is 44.9 Å². The summed E-state index contributed by atoms with van der Waals surface area (Å²) in [6, 6.07) is 7.86. The second-order valence-electron chi connectivity index (χ2n) is 8.63. The molecule has 1 unspecified atom stereocenters. The largest absolute Gasteiger partial charge is 0.462 e. The number of halogens is 4. The molecule has 8 nitrogen and oxygen atoms in total. The summed E-state index contributed by atoms with van der Waals surface area (Å²) in [6.45, 7) is 2.08. The van der Waals surface area contributed by atoms with Crippen molar-refractivity contribution >= 4 is 17.8 Å². The molecule has 12 heteroatoms. The zero-order chi connectivity index (χ0) is 28.0. The molecular weight excluding hydrogens is 512 g/mol. The number of aliphatic hydroxyl groups is 1. The molecule has 0 bridgehead atoms. The lowest BCUT2D eigenvalue weighted by molar-refractivity contribution is -0.138. The summed E-state index contributed by atoms with van der Waals surface area (Å²) in [6.07, 6.45) is -0.423. The predicted octanol–water partition coefficient (Wildman–Crippen LogP) is 3.76. The van der Waals surface area contributed by atoms with Crippen LogP contribution in [0.1, 0.15) is 48.2 Å². The molecule has 3 rings (SSSR count). The molecule has 1 saturated carbocycles. The molecule has 1 atom stereocenters. The number of ether oxygens (including phenoxy) is 2. The van der Waals surface area contributed by atoms with Gasteiger partial charge in [0.15, 0.2) is 23.3 Å². The molecule has 0 radical (unpaired) electrons. The minimum absolute atomic E-state index is 0.0512. The Morgan fingerprint density at radius 2 is 1.63 bits per heavy atom. The quantitative estimate of drug-likeness (QED) is 0.0760. The average molecular weight is 538 g/mol. The smallest absolute Gasteiger partial charge is 0.408 e. The molecular formula is C26H26F4N2O6. The van der Waals surface area contributed by atoms with Crippen molar-refractivity contribution in [3.63, 3.8) is 0 Å². The van der Waals surface area contributed by atoms with Crippen molar-refractivity contribution in [3.05, 3.63) is 82.1 Å². The van der Waals surface area contributed by atoms with Crippen molar-refractivity contribution in [2.24, 2.45) is 0 Å². The van der Waals surface area contributed by atoms with E-state index in [0.717, 1.165) is 6.20 Å². The highest BCUT2D eigenvalue weighted by Gasteiger charge is 2.52. The number of aliphatic hydroxyl groups excluding tert-OH is 1. The van der Waals surface area contributed by atoms with E-state index < -0.39 is 76.0 Å². The van der Waals surface area contributed by atoms with Gasteiger partial charge in [-0.25, -0.2) is 27.2 Å². The number of alkyl carbamates (subject to hydrolysis) is 1. The van der Waals surface area contributed by atoms with Gasteiger partial charge in [0.25, 0.3) is 0 Å². The summed E-state index contributed by atoms with van der Waals surface area (Å²) in [5.41, 5.74) is -4.85. The molecule has 1 aliphatic carbocycles. The van der Waals surface area contributed by atoms with Crippen LogP contribution in [0.25, 0.3) is 0 Å². The van der Waals surface area contributed by atoms with E-state index in [1.54, 1.807) is 30.3 Å². The average Bonchev–Trinajstić information content (AvgIpc) is 3.66. The van der Waals surface area contributed by atoms with Crippen molar-refractivity contribution in [3.8, 4) is 0 Å². The van der Waals surface area contributed by atoms with Gasteiger partial charge in [-0.2, -0.15) is 0 Å². The van der Waals surface area contributed by atoms with Crippen molar-refractivity contribution < 1.29 is 46.5 Å². The van der Waals surface area contributed by atoms with Crippen LogP contribution in [0.2, 0.25) is 0 Å². The van der Waals surface area contributed by atoms with Gasteiger partial charge in [0.2, 0.25) is 5.78 Å². The van der Waals surface area contributed by atoms with Gasteiger partial charge in [-0.3, -0.25) is 4.79 Å². The van der Waals surface area contributed by atoms with Gasteiger partial charge in [-0.15, -0.1) is 0 Å². The Morgan fingerprint density at radius 1 is 1.03 bits per heavy atom. The number of ketones is 1. The van der Waals surface area contributed by atoms with E-state index in [0.29, 0.717) is 5.56 Å². The summed E-state index contributed by atoms with van der Waals surface area (Å²) in [7, 11) is 0. The molecule has 204 valence electrons. The highest BCUT2D eigenvalue weighted by Crippen LogP contribution is 2.49. The number of hydrogen-bond donors (Lipinski definition) is 3. The van der Waals surface area contributed by atoms with Gasteiger partial charge < -0.3 is 25.2 Å². The number of rotatable bonds is 11. The molecule has 0 aliphatic heterocycles. The molecule has 1 fully saturated rings. The Balaban J connectivity index is 1.92. The van der Waals surface area contributed by atoms with Gasteiger partial charge in [-0.1, -0.05) is 30.3 Å². The van der Waals surface area contributed by atoms with E-state index in [1.807, 2.05) is 0 Å². The van der Waals surface area contributed by atoms with Crippen molar-refractivity contribution in [1.82, 2.24) is 10.6 Å². The van der Waals surface area contributed by atoms with Crippen molar-refractivity contribution in [1.29, 1.82) is 0 Å². The van der Waals surface area contributed by atoms with Crippen molar-refractivity contribution in [2.75, 3.05) is 13.2 Å². The lowest BCUT2D eigenvalue weighted by Crippen LogP contribution is -2.37. The molecule has 38 heavy (non-hydrogen) atoms. The molecule has 0 aromatic heterocycles. The van der Waals surface area contributed by atoms with Gasteiger partial charge in [-0.05, 0) is 32.3 Å². The number of benzene rings is 2. The first-order valence-electron chi connectivity index (χ1n) is 11.7. The van der Waals surface area contributed by atoms with Gasteiger partial charge >= 0.3 is 12.1 Å². The molecule has 1 aliphatic rings. The lowest BCUT2D eigenvalue weighted by atomic mass is 9.95. The number of carbonyl (C=O) groups is 3. The van der Waals surface area contributed by atoms with Gasteiger partial charge in [0, 0.05) is 12.2 Å². The summed E-state index contributed by atoms with van der Waals surface area (Å²) < 4.78 is 70.3. The van der Waals surface area contributed by atoms with E-state index in [9.17, 15) is 14.4 Å². The van der Waals surface area contributed by atoms with Gasteiger partial charge in [0.1, 0.15) is 17.7 Å². The van der Waals surface area contributed by atoms with Gasteiger partial charge in [0.05, 0.1) is 24.3 Å². The number of carbonyl (C=O) groups excluding carboxylic acids is 3. The number of nitrogens with one attached hydrogen (secondary N) is 2. The van der Waals surface area contributed by atoms with Crippen LogP contribution in [-0.2, 0) is 26.4 Å². The number of amides is 1. The van der Waals surface area contributed by atoms with Crippen LogP contribution in [0.4, 0.5) is 22.4 Å². The maximum Gasteiger partial charge on any atom is 0.408 e. The summed E-state index contributed by atoms with van der Waals surface area (Å²) in [5.74, 6) is -10.9. The van der Waals surface area contributed by atoms with Crippen LogP contribution in [0, 0.1) is 23.3 Å². The van der Waals surface area contributed by atoms with E-state index in [2.05, 4.69) is 10.6 Å². The fourth-order valence-corrected chi connectivity index (χ4v) is 3.61. The first-order chi connectivity index (χ1) is 18.1. The summed E-state index contributed by atoms with van der Waals surface area (Å²) in [5, 5.41) is 13.8. The van der Waals surface area contributed by atoms with Crippen LogP contribution in [0.5, 0.6) is 0 Å². The Bertz CT molecular complexity index is 1220. The SMILES string of the molecule is CCOC(=O)C(=CNC(C)CO)C(=O)c1c(F)c(F)c(C2(NC(=O)OCc3ccccc3)CC2)c(F)c1F. The van der Waals surface area contributed by atoms with Crippen LogP contribution in [0.15, 0.2) is 42.1 Å². The fraction of sp³-hybridized carbons (Fsp3) is 0.346. The Hall–Kier alpha value is -3.93. The Morgan fingerprint density at radius 3 is 2.16 bits per heavy atom. The zero-order valence-electron chi connectivity index (χ0n) is 20.6. The molecule has 2 aromatic carbocycles. The monoisotopic (exact) mass is 538 g/mol. The first-order valence-corrected chi connectivity index (χ1v) is 11.7. The minimum Gasteiger partial charge on any atom is -0.462 e. The van der Waals surface area contributed by atoms with Crippen LogP contribution in [-0.4, -0.2) is 42.2 Å². The van der Waals surface area contributed by atoms with E-state index in [4.69, 9.17) is 14.6 Å². The topological polar surface area (TPSA) is 114 Å².